The summed E-state index contributed by atoms with van der Waals surface area (Å²) in [6, 6.07) is 10.9. The summed E-state index contributed by atoms with van der Waals surface area (Å²) in [7, 11) is 0. The van der Waals surface area contributed by atoms with Gasteiger partial charge in [-0.05, 0) is 30.7 Å². The van der Waals surface area contributed by atoms with Crippen LogP contribution < -0.4 is 5.32 Å². The highest BCUT2D eigenvalue weighted by atomic mass is 35.5. The summed E-state index contributed by atoms with van der Waals surface area (Å²) in [4.78, 5) is 22.4. The van der Waals surface area contributed by atoms with Gasteiger partial charge in [0, 0.05) is 28.8 Å². The number of hydrogen-bond donors (Lipinski definition) is 2. The molecule has 1 unspecified atom stereocenters. The van der Waals surface area contributed by atoms with Crippen LogP contribution in [0.4, 0.5) is 5.69 Å². The van der Waals surface area contributed by atoms with Gasteiger partial charge in [-0.25, -0.2) is 0 Å². The first-order valence-electron chi connectivity index (χ1n) is 6.85. The number of nitro groups is 1. The van der Waals surface area contributed by atoms with Crippen molar-refractivity contribution >= 4 is 23.2 Å². The van der Waals surface area contributed by atoms with E-state index < -0.39 is 16.9 Å². The quantitative estimate of drug-likeness (QED) is 0.649. The van der Waals surface area contributed by atoms with Gasteiger partial charge in [-0.3, -0.25) is 14.9 Å². The lowest BCUT2D eigenvalue weighted by Gasteiger charge is -2.12. The van der Waals surface area contributed by atoms with Gasteiger partial charge in [0.25, 0.3) is 11.6 Å². The summed E-state index contributed by atoms with van der Waals surface area (Å²) >= 11 is 5.77. The monoisotopic (exact) mass is 334 g/mol. The predicted octanol–water partition coefficient (Wildman–Crippen LogP) is 3.02. The van der Waals surface area contributed by atoms with Gasteiger partial charge in [-0.15, -0.1) is 0 Å². The maximum atomic E-state index is 12.1. The lowest BCUT2D eigenvalue weighted by atomic mass is 10.1. The van der Waals surface area contributed by atoms with E-state index in [1.807, 2.05) is 0 Å². The van der Waals surface area contributed by atoms with Gasteiger partial charge in [0.2, 0.25) is 0 Å². The Morgan fingerprint density at radius 3 is 2.57 bits per heavy atom. The topological polar surface area (TPSA) is 92.5 Å². The molecule has 6 nitrogen and oxygen atoms in total. The number of rotatable bonds is 5. The molecule has 0 spiro atoms. The van der Waals surface area contributed by atoms with E-state index in [4.69, 9.17) is 11.6 Å². The second kappa shape index (κ2) is 7.21. The average molecular weight is 335 g/mol. The highest BCUT2D eigenvalue weighted by Crippen LogP contribution is 2.20. The Morgan fingerprint density at radius 1 is 1.30 bits per heavy atom. The molecule has 1 amide bonds. The average Bonchev–Trinajstić information content (AvgIpc) is 2.53. The number of hydrogen-bond acceptors (Lipinski definition) is 4. The fourth-order valence-electron chi connectivity index (χ4n) is 2.04. The van der Waals surface area contributed by atoms with Crippen molar-refractivity contribution < 1.29 is 14.8 Å². The normalized spacial score (nSPS) is 11.8. The van der Waals surface area contributed by atoms with E-state index in [0.29, 0.717) is 16.1 Å². The molecule has 7 heteroatoms. The van der Waals surface area contributed by atoms with E-state index in [1.165, 1.54) is 18.2 Å². The minimum atomic E-state index is -0.892. The van der Waals surface area contributed by atoms with E-state index in [1.54, 1.807) is 31.2 Å². The number of carbonyl (C=O) groups is 1. The number of halogens is 1. The molecule has 0 aliphatic heterocycles. The van der Waals surface area contributed by atoms with Crippen molar-refractivity contribution in [3.63, 3.8) is 0 Å². The fourth-order valence-corrected chi connectivity index (χ4v) is 2.17. The molecule has 23 heavy (non-hydrogen) atoms. The maximum absolute atomic E-state index is 12.1. The lowest BCUT2D eigenvalue weighted by Crippen LogP contribution is -2.28. The standard InChI is InChI=1S/C16H15ClN2O4/c1-10-2-3-12(8-14(10)19(22)23)16(21)18-9-15(20)11-4-6-13(17)7-5-11/h2-8,15,20H,9H2,1H3,(H,18,21). The van der Waals surface area contributed by atoms with Crippen LogP contribution in [0.15, 0.2) is 42.5 Å². The number of carbonyl (C=O) groups excluding carboxylic acids is 1. The van der Waals surface area contributed by atoms with Crippen LogP contribution in [0.1, 0.15) is 27.6 Å². The molecule has 0 saturated carbocycles. The highest BCUT2D eigenvalue weighted by molar-refractivity contribution is 6.30. The Kier molecular flexibility index (Phi) is 5.31. The SMILES string of the molecule is Cc1ccc(C(=O)NCC(O)c2ccc(Cl)cc2)cc1[N+](=O)[O-]. The van der Waals surface area contributed by atoms with Crippen LogP contribution in [0, 0.1) is 17.0 Å². The third-order valence-corrected chi connectivity index (χ3v) is 3.63. The largest absolute Gasteiger partial charge is 0.387 e. The van der Waals surface area contributed by atoms with E-state index >= 15 is 0 Å². The van der Waals surface area contributed by atoms with E-state index in [0.717, 1.165) is 0 Å². The number of aliphatic hydroxyl groups is 1. The van der Waals surface area contributed by atoms with E-state index in [-0.39, 0.29) is 17.8 Å². The number of nitro benzene ring substituents is 1. The first kappa shape index (κ1) is 16.9. The molecule has 0 aromatic heterocycles. The van der Waals surface area contributed by atoms with Crippen LogP contribution in [0.25, 0.3) is 0 Å². The van der Waals surface area contributed by atoms with Gasteiger partial charge >= 0.3 is 0 Å². The van der Waals surface area contributed by atoms with Crippen LogP contribution in [0.2, 0.25) is 5.02 Å². The molecule has 0 heterocycles. The molecule has 2 rings (SSSR count). The Bertz CT molecular complexity index is 731. The second-order valence-electron chi connectivity index (χ2n) is 5.04. The third kappa shape index (κ3) is 4.28. The van der Waals surface area contributed by atoms with Crippen molar-refractivity contribution in [1.29, 1.82) is 0 Å². The lowest BCUT2D eigenvalue weighted by molar-refractivity contribution is -0.385. The van der Waals surface area contributed by atoms with Crippen LogP contribution in [0.3, 0.4) is 0 Å². The molecule has 0 saturated heterocycles. The molecule has 2 aromatic rings. The highest BCUT2D eigenvalue weighted by Gasteiger charge is 2.16. The first-order chi connectivity index (χ1) is 10.9. The number of nitrogens with zero attached hydrogens (tertiary/aromatic N) is 1. The Morgan fingerprint density at radius 2 is 1.96 bits per heavy atom. The molecule has 2 aromatic carbocycles. The zero-order valence-corrected chi connectivity index (χ0v) is 13.1. The van der Waals surface area contributed by atoms with Crippen LogP contribution >= 0.6 is 11.6 Å². The second-order valence-corrected chi connectivity index (χ2v) is 5.47. The zero-order chi connectivity index (χ0) is 17.0. The molecular weight excluding hydrogens is 320 g/mol. The molecule has 0 aliphatic carbocycles. The van der Waals surface area contributed by atoms with Gasteiger partial charge in [0.05, 0.1) is 11.0 Å². The van der Waals surface area contributed by atoms with Crippen molar-refractivity contribution in [3.8, 4) is 0 Å². The van der Waals surface area contributed by atoms with Crippen LogP contribution in [-0.2, 0) is 0 Å². The molecule has 0 bridgehead atoms. The molecular formula is C16H15ClN2O4. The number of aryl methyl sites for hydroxylation is 1. The molecule has 0 fully saturated rings. The number of nitrogens with one attached hydrogen (secondary N) is 1. The van der Waals surface area contributed by atoms with Gasteiger partial charge in [-0.1, -0.05) is 29.8 Å². The molecule has 0 aliphatic rings. The molecule has 1 atom stereocenters. The summed E-state index contributed by atoms with van der Waals surface area (Å²) in [5.74, 6) is -0.485. The summed E-state index contributed by atoms with van der Waals surface area (Å²) in [6.07, 6.45) is -0.892. The summed E-state index contributed by atoms with van der Waals surface area (Å²) in [5, 5.41) is 24.0. The number of benzene rings is 2. The van der Waals surface area contributed by atoms with Gasteiger partial charge in [-0.2, -0.15) is 0 Å². The third-order valence-electron chi connectivity index (χ3n) is 3.38. The summed E-state index contributed by atoms with van der Waals surface area (Å²) in [5.41, 5.74) is 1.15. The number of aliphatic hydroxyl groups excluding tert-OH is 1. The minimum absolute atomic E-state index is 0.0118. The Hall–Kier alpha value is -2.44. The van der Waals surface area contributed by atoms with Crippen molar-refractivity contribution in [1.82, 2.24) is 5.32 Å². The van der Waals surface area contributed by atoms with Crippen LogP contribution in [0.5, 0.6) is 0 Å². The van der Waals surface area contributed by atoms with E-state index in [2.05, 4.69) is 5.32 Å². The summed E-state index contributed by atoms with van der Waals surface area (Å²) in [6.45, 7) is 1.59. The van der Waals surface area contributed by atoms with E-state index in [9.17, 15) is 20.0 Å². The summed E-state index contributed by atoms with van der Waals surface area (Å²) < 4.78 is 0. The van der Waals surface area contributed by atoms with Crippen molar-refractivity contribution in [2.24, 2.45) is 0 Å². The predicted molar refractivity (Wildman–Crippen MR) is 86.6 cm³/mol. The Balaban J connectivity index is 2.03. The minimum Gasteiger partial charge on any atom is -0.387 e. The maximum Gasteiger partial charge on any atom is 0.273 e. The van der Waals surface area contributed by atoms with Gasteiger partial charge in [0.15, 0.2) is 0 Å². The zero-order valence-electron chi connectivity index (χ0n) is 12.3. The van der Waals surface area contributed by atoms with Crippen molar-refractivity contribution in [2.45, 2.75) is 13.0 Å². The first-order valence-corrected chi connectivity index (χ1v) is 7.23. The fraction of sp³-hybridized carbons (Fsp3) is 0.188. The Labute approximate surface area is 137 Å². The van der Waals surface area contributed by atoms with Crippen LogP contribution in [-0.4, -0.2) is 22.5 Å². The van der Waals surface area contributed by atoms with Gasteiger partial charge in [0.1, 0.15) is 0 Å². The van der Waals surface area contributed by atoms with Crippen molar-refractivity contribution in [2.75, 3.05) is 6.54 Å². The van der Waals surface area contributed by atoms with Crippen molar-refractivity contribution in [3.05, 3.63) is 74.3 Å². The molecule has 0 radical (unpaired) electrons. The van der Waals surface area contributed by atoms with Gasteiger partial charge < -0.3 is 10.4 Å². The smallest absolute Gasteiger partial charge is 0.273 e. The molecule has 120 valence electrons. The number of amides is 1. The molecule has 2 N–H and O–H groups in total.